The van der Waals surface area contributed by atoms with Crippen LogP contribution in [0.5, 0.6) is 0 Å². The zero-order chi connectivity index (χ0) is 9.40. The first-order valence-electron chi connectivity index (χ1n) is 5.07. The van der Waals surface area contributed by atoms with Crippen molar-refractivity contribution in [2.75, 3.05) is 26.2 Å². The molecule has 1 N–H and O–H groups in total. The highest BCUT2D eigenvalue weighted by Crippen LogP contribution is 2.04. The van der Waals surface area contributed by atoms with Gasteiger partial charge in [-0.25, -0.2) is 0 Å². The summed E-state index contributed by atoms with van der Waals surface area (Å²) in [6.07, 6.45) is 2.40. The maximum atomic E-state index is 8.81. The summed E-state index contributed by atoms with van der Waals surface area (Å²) in [4.78, 5) is 2.34. The summed E-state index contributed by atoms with van der Waals surface area (Å²) in [6, 6.07) is 0. The molecular weight excluding hydrogens is 150 g/mol. The predicted octanol–water partition coefficient (Wildman–Crippen LogP) is 1.74. The lowest BCUT2D eigenvalue weighted by atomic mass is 10.1. The lowest BCUT2D eigenvalue weighted by molar-refractivity contribution is 0.177. The van der Waals surface area contributed by atoms with Crippen LogP contribution in [0.2, 0.25) is 0 Å². The fourth-order valence-electron chi connectivity index (χ4n) is 1.32. The highest BCUT2D eigenvalue weighted by Gasteiger charge is 2.06. The lowest BCUT2D eigenvalue weighted by Crippen LogP contribution is -2.31. The Morgan fingerprint density at radius 3 is 2.33 bits per heavy atom. The molecule has 0 amide bonds. The van der Waals surface area contributed by atoms with E-state index in [2.05, 4.69) is 25.7 Å². The standard InChI is InChI=1S/C10H23NO/c1-4-6-11(7-8-12)9-10(3)5-2/h10,12H,4-9H2,1-3H3. The van der Waals surface area contributed by atoms with Crippen LogP contribution in [0.4, 0.5) is 0 Å². The van der Waals surface area contributed by atoms with E-state index in [-0.39, 0.29) is 6.61 Å². The summed E-state index contributed by atoms with van der Waals surface area (Å²) >= 11 is 0. The molecule has 0 aliphatic carbocycles. The molecule has 12 heavy (non-hydrogen) atoms. The quantitative estimate of drug-likeness (QED) is 0.634. The molecule has 2 nitrogen and oxygen atoms in total. The van der Waals surface area contributed by atoms with E-state index in [1.165, 1.54) is 12.8 Å². The summed E-state index contributed by atoms with van der Waals surface area (Å²) in [5.74, 6) is 0.753. The molecule has 0 aromatic rings. The topological polar surface area (TPSA) is 23.5 Å². The van der Waals surface area contributed by atoms with Crippen LogP contribution in [0.3, 0.4) is 0 Å². The third kappa shape index (κ3) is 5.56. The second-order valence-corrected chi connectivity index (χ2v) is 3.54. The number of aliphatic hydroxyl groups is 1. The number of hydrogen-bond donors (Lipinski definition) is 1. The van der Waals surface area contributed by atoms with Crippen molar-refractivity contribution in [1.82, 2.24) is 4.90 Å². The van der Waals surface area contributed by atoms with E-state index in [9.17, 15) is 0 Å². The Kier molecular flexibility index (Phi) is 7.51. The molecule has 0 fully saturated rings. The van der Waals surface area contributed by atoms with E-state index in [1.54, 1.807) is 0 Å². The molecule has 2 heteroatoms. The number of aliphatic hydroxyl groups excluding tert-OH is 1. The van der Waals surface area contributed by atoms with E-state index in [0.29, 0.717) is 0 Å². The molecule has 0 saturated heterocycles. The molecular formula is C10H23NO. The van der Waals surface area contributed by atoms with E-state index < -0.39 is 0 Å². The van der Waals surface area contributed by atoms with Gasteiger partial charge in [0.1, 0.15) is 0 Å². The van der Waals surface area contributed by atoms with Gasteiger partial charge in [0.05, 0.1) is 6.61 Å². The molecule has 1 atom stereocenters. The summed E-state index contributed by atoms with van der Waals surface area (Å²) in [5.41, 5.74) is 0. The largest absolute Gasteiger partial charge is 0.395 e. The molecule has 0 aromatic heterocycles. The minimum absolute atomic E-state index is 0.288. The fourth-order valence-corrected chi connectivity index (χ4v) is 1.32. The van der Waals surface area contributed by atoms with Gasteiger partial charge in [-0.05, 0) is 18.9 Å². The van der Waals surface area contributed by atoms with Crippen LogP contribution < -0.4 is 0 Å². The Morgan fingerprint density at radius 2 is 1.92 bits per heavy atom. The zero-order valence-electron chi connectivity index (χ0n) is 8.71. The van der Waals surface area contributed by atoms with Crippen LogP contribution >= 0.6 is 0 Å². The van der Waals surface area contributed by atoms with Gasteiger partial charge in [-0.15, -0.1) is 0 Å². The molecule has 0 rings (SSSR count). The molecule has 0 heterocycles. The van der Waals surface area contributed by atoms with Crippen molar-refractivity contribution in [3.63, 3.8) is 0 Å². The monoisotopic (exact) mass is 173 g/mol. The third-order valence-corrected chi connectivity index (χ3v) is 2.22. The second kappa shape index (κ2) is 7.56. The molecule has 0 aliphatic rings. The first-order valence-corrected chi connectivity index (χ1v) is 5.07. The van der Waals surface area contributed by atoms with Gasteiger partial charge in [0.25, 0.3) is 0 Å². The Bertz CT molecular complexity index is 89.8. The zero-order valence-corrected chi connectivity index (χ0v) is 8.71. The highest BCUT2D eigenvalue weighted by atomic mass is 16.3. The van der Waals surface area contributed by atoms with Crippen LogP contribution in [0.15, 0.2) is 0 Å². The van der Waals surface area contributed by atoms with Crippen molar-refractivity contribution >= 4 is 0 Å². The van der Waals surface area contributed by atoms with Gasteiger partial charge in [-0.2, -0.15) is 0 Å². The van der Waals surface area contributed by atoms with Gasteiger partial charge in [0, 0.05) is 13.1 Å². The molecule has 0 radical (unpaired) electrons. The van der Waals surface area contributed by atoms with E-state index >= 15 is 0 Å². The minimum Gasteiger partial charge on any atom is -0.395 e. The van der Waals surface area contributed by atoms with Crippen LogP contribution in [-0.4, -0.2) is 36.2 Å². The predicted molar refractivity (Wildman–Crippen MR) is 53.3 cm³/mol. The lowest BCUT2D eigenvalue weighted by Gasteiger charge is -2.23. The first kappa shape index (κ1) is 11.9. The van der Waals surface area contributed by atoms with Gasteiger partial charge in [0.15, 0.2) is 0 Å². The van der Waals surface area contributed by atoms with Crippen molar-refractivity contribution in [1.29, 1.82) is 0 Å². The molecule has 74 valence electrons. The maximum absolute atomic E-state index is 8.81. The van der Waals surface area contributed by atoms with Crippen molar-refractivity contribution in [3.8, 4) is 0 Å². The van der Waals surface area contributed by atoms with Gasteiger partial charge in [-0.1, -0.05) is 27.2 Å². The normalized spacial score (nSPS) is 13.8. The fraction of sp³-hybridized carbons (Fsp3) is 1.00. The van der Waals surface area contributed by atoms with Crippen molar-refractivity contribution in [2.45, 2.75) is 33.6 Å². The van der Waals surface area contributed by atoms with Crippen molar-refractivity contribution in [3.05, 3.63) is 0 Å². The molecule has 0 aromatic carbocycles. The van der Waals surface area contributed by atoms with E-state index in [4.69, 9.17) is 5.11 Å². The average molecular weight is 173 g/mol. The van der Waals surface area contributed by atoms with Crippen LogP contribution in [-0.2, 0) is 0 Å². The van der Waals surface area contributed by atoms with Gasteiger partial charge >= 0.3 is 0 Å². The van der Waals surface area contributed by atoms with Crippen molar-refractivity contribution in [2.24, 2.45) is 5.92 Å². The molecule has 0 bridgehead atoms. The van der Waals surface area contributed by atoms with E-state index in [0.717, 1.165) is 25.6 Å². The smallest absolute Gasteiger partial charge is 0.0558 e. The first-order chi connectivity index (χ1) is 5.74. The maximum Gasteiger partial charge on any atom is 0.0558 e. The van der Waals surface area contributed by atoms with Gasteiger partial charge in [0.2, 0.25) is 0 Å². The second-order valence-electron chi connectivity index (χ2n) is 3.54. The van der Waals surface area contributed by atoms with Gasteiger partial charge in [-0.3, -0.25) is 0 Å². The van der Waals surface area contributed by atoms with Gasteiger partial charge < -0.3 is 10.0 Å². The average Bonchev–Trinajstić information content (AvgIpc) is 2.05. The SMILES string of the molecule is CCCN(CCO)CC(C)CC. The number of nitrogens with zero attached hydrogens (tertiary/aromatic N) is 1. The summed E-state index contributed by atoms with van der Waals surface area (Å²) < 4.78 is 0. The third-order valence-electron chi connectivity index (χ3n) is 2.22. The summed E-state index contributed by atoms with van der Waals surface area (Å²) in [7, 11) is 0. The van der Waals surface area contributed by atoms with Crippen LogP contribution in [0.25, 0.3) is 0 Å². The minimum atomic E-state index is 0.288. The Hall–Kier alpha value is -0.0800. The van der Waals surface area contributed by atoms with Crippen molar-refractivity contribution < 1.29 is 5.11 Å². The Morgan fingerprint density at radius 1 is 1.25 bits per heavy atom. The molecule has 0 saturated carbocycles. The molecule has 0 aliphatic heterocycles. The molecule has 1 unspecified atom stereocenters. The number of hydrogen-bond acceptors (Lipinski definition) is 2. The molecule has 0 spiro atoms. The highest BCUT2D eigenvalue weighted by molar-refractivity contribution is 4.60. The van der Waals surface area contributed by atoms with Crippen LogP contribution in [0.1, 0.15) is 33.6 Å². The Balaban J connectivity index is 3.61. The van der Waals surface area contributed by atoms with Crippen LogP contribution in [0, 0.1) is 5.92 Å². The number of rotatable bonds is 7. The summed E-state index contributed by atoms with van der Waals surface area (Å²) in [6.45, 7) is 10.0. The van der Waals surface area contributed by atoms with E-state index in [1.807, 2.05) is 0 Å². The Labute approximate surface area is 76.6 Å². The summed E-state index contributed by atoms with van der Waals surface area (Å²) in [5, 5.41) is 8.81.